The lowest BCUT2D eigenvalue weighted by Crippen LogP contribution is -2.43. The van der Waals surface area contributed by atoms with Crippen molar-refractivity contribution in [2.24, 2.45) is 5.41 Å². The SMILES string of the molecule is CCCCC1(CC)CCNCC1c1ccccc1Cl. The quantitative estimate of drug-likeness (QED) is 0.799. The van der Waals surface area contributed by atoms with Gasteiger partial charge in [-0.2, -0.15) is 0 Å². The van der Waals surface area contributed by atoms with E-state index < -0.39 is 0 Å². The number of hydrogen-bond acceptors (Lipinski definition) is 1. The maximum atomic E-state index is 6.45. The third-order valence-corrected chi connectivity index (χ3v) is 5.24. The Labute approximate surface area is 122 Å². The summed E-state index contributed by atoms with van der Waals surface area (Å²) in [5.74, 6) is 0.562. The van der Waals surface area contributed by atoms with Crippen molar-refractivity contribution in [2.75, 3.05) is 13.1 Å². The Bertz CT molecular complexity index is 404. The van der Waals surface area contributed by atoms with Gasteiger partial charge in [0.2, 0.25) is 0 Å². The summed E-state index contributed by atoms with van der Waals surface area (Å²) in [7, 11) is 0. The number of unbranched alkanes of at least 4 members (excludes halogenated alkanes) is 1. The molecule has 1 aromatic rings. The molecule has 0 bridgehead atoms. The van der Waals surface area contributed by atoms with Crippen molar-refractivity contribution in [3.63, 3.8) is 0 Å². The molecule has 0 saturated carbocycles. The van der Waals surface area contributed by atoms with E-state index in [4.69, 9.17) is 11.6 Å². The first-order valence-electron chi connectivity index (χ1n) is 7.68. The second-order valence-electron chi connectivity index (χ2n) is 5.85. The fraction of sp³-hybridized carbons (Fsp3) is 0.647. The molecule has 0 aliphatic carbocycles. The fourth-order valence-electron chi connectivity index (χ4n) is 3.60. The first kappa shape index (κ1) is 14.9. The number of piperidine rings is 1. The minimum absolute atomic E-state index is 0.437. The zero-order chi connectivity index (χ0) is 13.7. The molecule has 2 unspecified atom stereocenters. The van der Waals surface area contributed by atoms with Crippen molar-refractivity contribution >= 4 is 11.6 Å². The van der Waals surface area contributed by atoms with Crippen LogP contribution in [0.15, 0.2) is 24.3 Å². The van der Waals surface area contributed by atoms with Gasteiger partial charge in [0.15, 0.2) is 0 Å². The molecule has 1 saturated heterocycles. The van der Waals surface area contributed by atoms with Crippen LogP contribution in [0.5, 0.6) is 0 Å². The molecule has 1 aliphatic rings. The molecule has 1 fully saturated rings. The lowest BCUT2D eigenvalue weighted by molar-refractivity contribution is 0.136. The van der Waals surface area contributed by atoms with Gasteiger partial charge >= 0.3 is 0 Å². The number of rotatable bonds is 5. The second kappa shape index (κ2) is 6.76. The van der Waals surface area contributed by atoms with Crippen molar-refractivity contribution in [3.8, 4) is 0 Å². The van der Waals surface area contributed by atoms with Crippen molar-refractivity contribution in [2.45, 2.75) is 51.9 Å². The summed E-state index contributed by atoms with van der Waals surface area (Å²) in [6.07, 6.45) is 6.47. The molecule has 0 spiro atoms. The van der Waals surface area contributed by atoms with E-state index in [0.29, 0.717) is 11.3 Å². The molecule has 1 nitrogen and oxygen atoms in total. The molecule has 19 heavy (non-hydrogen) atoms. The molecule has 0 radical (unpaired) electrons. The van der Waals surface area contributed by atoms with Gasteiger partial charge in [0, 0.05) is 17.5 Å². The van der Waals surface area contributed by atoms with Crippen LogP contribution >= 0.6 is 11.6 Å². The highest BCUT2D eigenvalue weighted by Crippen LogP contribution is 2.48. The van der Waals surface area contributed by atoms with Crippen LogP contribution in [0.4, 0.5) is 0 Å². The van der Waals surface area contributed by atoms with Crippen LogP contribution in [0, 0.1) is 5.41 Å². The Kier molecular flexibility index (Phi) is 5.29. The van der Waals surface area contributed by atoms with Gasteiger partial charge in [-0.05, 0) is 42.9 Å². The molecule has 2 rings (SSSR count). The van der Waals surface area contributed by atoms with Crippen LogP contribution in [0.3, 0.4) is 0 Å². The third-order valence-electron chi connectivity index (χ3n) is 4.90. The van der Waals surface area contributed by atoms with Crippen molar-refractivity contribution in [3.05, 3.63) is 34.9 Å². The average molecular weight is 280 g/mol. The van der Waals surface area contributed by atoms with E-state index in [1.807, 2.05) is 12.1 Å². The van der Waals surface area contributed by atoms with Gasteiger partial charge in [-0.25, -0.2) is 0 Å². The normalized spacial score (nSPS) is 27.4. The predicted molar refractivity (Wildman–Crippen MR) is 83.9 cm³/mol. The highest BCUT2D eigenvalue weighted by Gasteiger charge is 2.40. The van der Waals surface area contributed by atoms with Gasteiger partial charge in [-0.1, -0.05) is 56.5 Å². The lowest BCUT2D eigenvalue weighted by atomic mass is 9.64. The molecule has 2 heteroatoms. The summed E-state index contributed by atoms with van der Waals surface area (Å²) in [5.41, 5.74) is 1.78. The predicted octanol–water partition coefficient (Wildman–Crippen LogP) is 5.00. The molecule has 1 aromatic carbocycles. The highest BCUT2D eigenvalue weighted by atomic mass is 35.5. The van der Waals surface area contributed by atoms with Gasteiger partial charge in [-0.15, -0.1) is 0 Å². The highest BCUT2D eigenvalue weighted by molar-refractivity contribution is 6.31. The third kappa shape index (κ3) is 3.14. The second-order valence-corrected chi connectivity index (χ2v) is 6.25. The Morgan fingerprint density at radius 1 is 1.32 bits per heavy atom. The average Bonchev–Trinajstić information content (AvgIpc) is 2.46. The Morgan fingerprint density at radius 3 is 2.79 bits per heavy atom. The van der Waals surface area contributed by atoms with E-state index in [1.165, 1.54) is 37.7 Å². The summed E-state index contributed by atoms with van der Waals surface area (Å²) < 4.78 is 0. The van der Waals surface area contributed by atoms with Gasteiger partial charge in [-0.3, -0.25) is 0 Å². The maximum Gasteiger partial charge on any atom is 0.0441 e. The Hall–Kier alpha value is -0.530. The summed E-state index contributed by atoms with van der Waals surface area (Å²) in [6.45, 7) is 6.86. The molecule has 106 valence electrons. The van der Waals surface area contributed by atoms with Crippen LogP contribution in [-0.4, -0.2) is 13.1 Å². The number of benzene rings is 1. The smallest absolute Gasteiger partial charge is 0.0441 e. The summed E-state index contributed by atoms with van der Waals surface area (Å²) in [4.78, 5) is 0. The van der Waals surface area contributed by atoms with Crippen molar-refractivity contribution in [1.29, 1.82) is 0 Å². The molecule has 1 heterocycles. The van der Waals surface area contributed by atoms with E-state index in [9.17, 15) is 0 Å². The molecule has 0 aromatic heterocycles. The lowest BCUT2D eigenvalue weighted by Gasteiger charge is -2.45. The molecule has 1 N–H and O–H groups in total. The molecule has 0 amide bonds. The van der Waals surface area contributed by atoms with Crippen LogP contribution < -0.4 is 5.32 Å². The summed E-state index contributed by atoms with van der Waals surface area (Å²) >= 11 is 6.45. The number of hydrogen-bond donors (Lipinski definition) is 1. The zero-order valence-electron chi connectivity index (χ0n) is 12.2. The minimum Gasteiger partial charge on any atom is -0.316 e. The first-order valence-corrected chi connectivity index (χ1v) is 8.06. The van der Waals surface area contributed by atoms with E-state index in [1.54, 1.807) is 0 Å². The molecule has 2 atom stereocenters. The zero-order valence-corrected chi connectivity index (χ0v) is 13.0. The van der Waals surface area contributed by atoms with Crippen molar-refractivity contribution < 1.29 is 0 Å². The van der Waals surface area contributed by atoms with Gasteiger partial charge in [0.1, 0.15) is 0 Å². The fourth-order valence-corrected chi connectivity index (χ4v) is 3.87. The van der Waals surface area contributed by atoms with E-state index in [0.717, 1.165) is 18.1 Å². The monoisotopic (exact) mass is 279 g/mol. The summed E-state index contributed by atoms with van der Waals surface area (Å²) in [6, 6.07) is 8.40. The minimum atomic E-state index is 0.437. The van der Waals surface area contributed by atoms with Crippen LogP contribution in [0.2, 0.25) is 5.02 Å². The summed E-state index contributed by atoms with van der Waals surface area (Å²) in [5, 5.41) is 4.50. The largest absolute Gasteiger partial charge is 0.316 e. The van der Waals surface area contributed by atoms with E-state index in [2.05, 4.69) is 31.3 Å². The van der Waals surface area contributed by atoms with Crippen molar-refractivity contribution in [1.82, 2.24) is 5.32 Å². The van der Waals surface area contributed by atoms with Gasteiger partial charge in [0.25, 0.3) is 0 Å². The number of halogens is 1. The maximum absolute atomic E-state index is 6.45. The van der Waals surface area contributed by atoms with Gasteiger partial charge in [0.05, 0.1) is 0 Å². The number of nitrogens with one attached hydrogen (secondary N) is 1. The topological polar surface area (TPSA) is 12.0 Å². The molecular weight excluding hydrogens is 254 g/mol. The van der Waals surface area contributed by atoms with Gasteiger partial charge < -0.3 is 5.32 Å². The van der Waals surface area contributed by atoms with Crippen LogP contribution in [0.25, 0.3) is 0 Å². The molecular formula is C17H26ClN. The van der Waals surface area contributed by atoms with E-state index in [-0.39, 0.29) is 0 Å². The van der Waals surface area contributed by atoms with Crippen LogP contribution in [0.1, 0.15) is 57.4 Å². The molecule has 1 aliphatic heterocycles. The van der Waals surface area contributed by atoms with E-state index >= 15 is 0 Å². The Balaban J connectivity index is 2.31. The Morgan fingerprint density at radius 2 is 2.11 bits per heavy atom. The standard InChI is InChI=1S/C17H26ClN/c1-3-5-10-17(4-2)11-12-19-13-15(17)14-8-6-7-9-16(14)18/h6-9,15,19H,3-5,10-13H2,1-2H3. The van der Waals surface area contributed by atoms with Crippen LogP contribution in [-0.2, 0) is 0 Å². The first-order chi connectivity index (χ1) is 9.23.